The number of carbonyl (C=O) groups is 3. The van der Waals surface area contributed by atoms with Crippen LogP contribution >= 0.6 is 0 Å². The third kappa shape index (κ3) is 15.9. The molecule has 6 aliphatic rings. The third-order valence-electron chi connectivity index (χ3n) is 17.2. The average molecular weight is 1420 g/mol. The van der Waals surface area contributed by atoms with Crippen molar-refractivity contribution in [3.05, 3.63) is 145 Å². The lowest BCUT2D eigenvalue weighted by molar-refractivity contribution is -0.138. The lowest BCUT2D eigenvalue weighted by atomic mass is 10.1. The van der Waals surface area contributed by atoms with E-state index < -0.39 is 72.7 Å². The van der Waals surface area contributed by atoms with Crippen LogP contribution in [0.5, 0.6) is 11.8 Å². The highest BCUT2D eigenvalue weighted by molar-refractivity contribution is 6.05. The second-order valence-corrected chi connectivity index (χ2v) is 24.7. The average Bonchev–Trinajstić information content (AvgIpc) is 1.53. The van der Waals surface area contributed by atoms with Gasteiger partial charge in [0.2, 0.25) is 11.8 Å². The summed E-state index contributed by atoms with van der Waals surface area (Å²) >= 11 is 0. The van der Waals surface area contributed by atoms with Crippen LogP contribution in [-0.4, -0.2) is 180 Å². The molecule has 26 nitrogen and oxygen atoms in total. The molecule has 3 fully saturated rings. The van der Waals surface area contributed by atoms with Gasteiger partial charge in [0, 0.05) is 86.0 Å². The summed E-state index contributed by atoms with van der Waals surface area (Å²) in [5, 5.41) is 45.2. The van der Waals surface area contributed by atoms with E-state index in [1.807, 2.05) is 23.6 Å². The number of aliphatic hydroxyl groups is 4. The normalized spacial score (nSPS) is 17.7. The zero-order valence-electron chi connectivity index (χ0n) is 54.3. The number of rotatable bonds is 14. The lowest BCUT2D eigenvalue weighted by Gasteiger charge is -2.36. The van der Waals surface area contributed by atoms with E-state index in [9.17, 15) is 64.1 Å². The van der Waals surface area contributed by atoms with Crippen LogP contribution in [0, 0.1) is 0 Å². The smallest absolute Gasteiger partial charge is 0.416 e. The van der Waals surface area contributed by atoms with E-state index in [1.165, 1.54) is 70.9 Å². The summed E-state index contributed by atoms with van der Waals surface area (Å²) in [4.78, 5) is 85.1. The van der Waals surface area contributed by atoms with Crippen LogP contribution in [0.2, 0.25) is 0 Å². The number of carbonyl (C=O) groups excluding carboxylic acids is 3. The third-order valence-corrected chi connectivity index (χ3v) is 17.2. The Balaban J connectivity index is 0.000000146. The quantitative estimate of drug-likeness (QED) is 0.0498. The first kappa shape index (κ1) is 71.1. The van der Waals surface area contributed by atoms with Gasteiger partial charge in [-0.1, -0.05) is 42.5 Å². The number of benzene rings is 3. The molecule has 0 aliphatic carbocycles. The highest BCUT2D eigenvalue weighted by Gasteiger charge is 2.45. The molecule has 0 spiro atoms. The van der Waals surface area contributed by atoms with Gasteiger partial charge in [-0.05, 0) is 81.6 Å². The molecule has 6 bridgehead atoms. The van der Waals surface area contributed by atoms with Gasteiger partial charge >= 0.3 is 36.6 Å². The number of nitrogens with zero attached hydrogens (tertiary/aromatic N) is 14. The first-order valence-electron chi connectivity index (χ1n) is 32.1. The minimum atomic E-state index is -4.51. The highest BCUT2D eigenvalue weighted by atomic mass is 19.4. The van der Waals surface area contributed by atoms with Crippen LogP contribution in [-0.2, 0) is 18.5 Å². The molecular formula is C67H66F9N17O9. The number of hydrogen-bond donors (Lipinski definition) is 7. The van der Waals surface area contributed by atoms with Crippen molar-refractivity contribution < 1.29 is 83.8 Å². The Labute approximate surface area is 575 Å². The van der Waals surface area contributed by atoms with E-state index in [0.717, 1.165) is 55.1 Å². The molecule has 5 atom stereocenters. The van der Waals surface area contributed by atoms with Crippen molar-refractivity contribution in [2.45, 2.75) is 88.0 Å². The minimum Gasteiger partial charge on any atom is -0.475 e. The Hall–Kier alpha value is -10.8. The molecule has 8 aromatic rings. The molecule has 0 unspecified atom stereocenters. The summed E-state index contributed by atoms with van der Waals surface area (Å²) < 4.78 is 129. The van der Waals surface area contributed by atoms with Crippen LogP contribution in [0.15, 0.2) is 128 Å². The van der Waals surface area contributed by atoms with Gasteiger partial charge in [-0.3, -0.25) is 20.0 Å². The lowest BCUT2D eigenvalue weighted by Crippen LogP contribution is -2.52. The zero-order valence-corrected chi connectivity index (χ0v) is 54.3. The molecule has 11 heterocycles. The number of nitrogens with one attached hydrogen (secondary N) is 3. The molecule has 3 saturated heterocycles. The second kappa shape index (κ2) is 29.4. The molecule has 5 aromatic heterocycles. The van der Waals surface area contributed by atoms with Crippen LogP contribution in [0.25, 0.3) is 34.2 Å². The number of aliphatic hydroxyl groups excluding tert-OH is 4. The number of fused-ring (bicyclic) bond motifs is 12. The Morgan fingerprint density at radius 1 is 0.500 bits per heavy atom. The fourth-order valence-electron chi connectivity index (χ4n) is 12.3. The number of halogens is 9. The second-order valence-electron chi connectivity index (χ2n) is 24.7. The van der Waals surface area contributed by atoms with Crippen molar-refractivity contribution in [3.63, 3.8) is 0 Å². The van der Waals surface area contributed by atoms with Gasteiger partial charge in [-0.25, -0.2) is 49.3 Å². The first-order chi connectivity index (χ1) is 48.7. The van der Waals surface area contributed by atoms with Gasteiger partial charge in [-0.15, -0.1) is 0 Å². The predicted molar refractivity (Wildman–Crippen MR) is 354 cm³/mol. The van der Waals surface area contributed by atoms with Crippen LogP contribution < -0.4 is 54.8 Å². The van der Waals surface area contributed by atoms with Crippen LogP contribution in [0.1, 0.15) is 49.8 Å². The van der Waals surface area contributed by atoms with Gasteiger partial charge in [0.25, 0.3) is 0 Å². The molecular weight excluding hydrogens is 1360 g/mol. The van der Waals surface area contributed by atoms with E-state index in [0.29, 0.717) is 80.1 Å². The number of ether oxygens (including phenoxy) is 2. The van der Waals surface area contributed by atoms with E-state index in [-0.39, 0.29) is 95.2 Å². The summed E-state index contributed by atoms with van der Waals surface area (Å²) in [5.74, 6) is 1.83. The summed E-state index contributed by atoms with van der Waals surface area (Å²) in [6.07, 6.45) is -7.36. The van der Waals surface area contributed by atoms with Gasteiger partial charge in [0.1, 0.15) is 31.2 Å². The molecule has 536 valence electrons. The Morgan fingerprint density at radius 3 is 1.29 bits per heavy atom. The SMILES string of the molecule is CC(C)NC(=O)N1c2nc(-c3cccc(C(F)(F)F)c3)ncc2N2CC[C@H]1C2.O=C(Nc1cccc(OC[C@@H](O)CO)n1)N1c2nc(-c3cccc(C(F)(F)F)c3)ncc2N2CC[C@H]1C2.O=C(Nc1ccnc(OC[C@@H](O)CO)c1)N1c2nc(-c3cccc(C(F)(F)F)c3)ncc2N2CC[C@H]1C2. The maximum Gasteiger partial charge on any atom is 0.416 e. The standard InChI is InChI=1S/2C24H23F3N6O4.C19H20F3N5O/c25-24(26,27)15-4-1-3-14(9-15)21-28-10-18-22(31-21)33(16-7-8-32(18)11-16)23(36)30-19-5-2-6-20(29-19)37-13-17(35)12-34;25-24(26,27)15-3-1-2-14(8-15)21-29-10-19-22(31-21)33(17-5-7-32(19)11-17)23(36)30-16-4-6-28-20(9-16)37-13-18(35)12-34;1-11(2)24-18(28)27-14-6-7-26(10-14)15-9-23-16(25-17(15)27)12-4-3-5-13(8-12)19(20,21)22/h1-6,9-10,16-17,34-35H,7-8,11-13H2,(H,29,30,36);1-4,6,8-10,17-18,34-35H,5,7,11-13H2,(H,28,30,36);3-5,8-9,11,14H,6-7,10H2,1-2H3,(H,24,28)/t16-,17-;17-,18-;14-/m000/s1. The molecule has 6 amide bonds. The van der Waals surface area contributed by atoms with E-state index in [2.05, 4.69) is 60.7 Å². The van der Waals surface area contributed by atoms with Gasteiger partial charge in [0.05, 0.1) is 83.7 Å². The van der Waals surface area contributed by atoms with Crippen molar-refractivity contribution in [2.24, 2.45) is 0 Å². The van der Waals surface area contributed by atoms with Crippen molar-refractivity contribution in [1.82, 2.24) is 45.2 Å². The number of anilines is 8. The van der Waals surface area contributed by atoms with Crippen LogP contribution in [0.3, 0.4) is 0 Å². The largest absolute Gasteiger partial charge is 0.475 e. The number of aromatic nitrogens is 8. The Morgan fingerprint density at radius 2 is 0.892 bits per heavy atom. The number of pyridine rings is 2. The topological polar surface area (TPSA) is 309 Å². The predicted octanol–water partition coefficient (Wildman–Crippen LogP) is 9.52. The summed E-state index contributed by atoms with van der Waals surface area (Å²) in [6, 6.07) is 20.4. The van der Waals surface area contributed by atoms with E-state index in [4.69, 9.17) is 19.7 Å². The van der Waals surface area contributed by atoms with Gasteiger partial charge < -0.3 is 55.2 Å². The molecule has 0 radical (unpaired) electrons. The minimum absolute atomic E-state index is 0.0180. The fourth-order valence-corrected chi connectivity index (χ4v) is 12.3. The monoisotopic (exact) mass is 1420 g/mol. The zero-order chi connectivity index (χ0) is 72.4. The van der Waals surface area contributed by atoms with Crippen molar-refractivity contribution >= 4 is 64.1 Å². The summed E-state index contributed by atoms with van der Waals surface area (Å²) in [5.41, 5.74) is 0.579. The molecule has 6 aliphatic heterocycles. The molecule has 35 heteroatoms. The van der Waals surface area contributed by atoms with Gasteiger partial charge in [0.15, 0.2) is 34.9 Å². The highest BCUT2D eigenvalue weighted by Crippen LogP contribution is 2.44. The van der Waals surface area contributed by atoms with E-state index >= 15 is 0 Å². The maximum absolute atomic E-state index is 13.4. The van der Waals surface area contributed by atoms with Crippen LogP contribution in [0.4, 0.5) is 99.9 Å². The van der Waals surface area contributed by atoms with Crippen molar-refractivity contribution in [1.29, 1.82) is 0 Å². The maximum atomic E-state index is 13.4. The van der Waals surface area contributed by atoms with E-state index in [1.54, 1.807) is 35.4 Å². The molecule has 0 saturated carbocycles. The molecule has 7 N–H and O–H groups in total. The Kier molecular flexibility index (Phi) is 20.5. The fraction of sp³-hybridized carbons (Fsp3) is 0.358. The van der Waals surface area contributed by atoms with Crippen molar-refractivity contribution in [2.75, 3.05) is 106 Å². The molecule has 3 aromatic carbocycles. The molecule has 14 rings (SSSR count). The molecule has 102 heavy (non-hydrogen) atoms. The number of hydrogen-bond acceptors (Lipinski definition) is 20. The summed E-state index contributed by atoms with van der Waals surface area (Å²) in [6.45, 7) is 6.48. The number of alkyl halides is 9. The van der Waals surface area contributed by atoms with Gasteiger partial charge in [-0.2, -0.15) is 44.5 Å². The number of amides is 6. The number of urea groups is 3. The summed E-state index contributed by atoms with van der Waals surface area (Å²) in [7, 11) is 0. The first-order valence-corrected chi connectivity index (χ1v) is 32.1. The van der Waals surface area contributed by atoms with Crippen molar-refractivity contribution in [3.8, 4) is 45.9 Å². The Bertz CT molecular complexity index is 4190.